The summed E-state index contributed by atoms with van der Waals surface area (Å²) in [5.74, 6) is 1.13. The lowest BCUT2D eigenvalue weighted by atomic mass is 9.97. The molecule has 2 aromatic rings. The summed E-state index contributed by atoms with van der Waals surface area (Å²) in [6.45, 7) is 1.80. The second-order valence-corrected chi connectivity index (χ2v) is 10.9. The highest BCUT2D eigenvalue weighted by Gasteiger charge is 2.55. The van der Waals surface area contributed by atoms with E-state index in [1.165, 1.54) is 11.9 Å². The van der Waals surface area contributed by atoms with Crippen LogP contribution < -0.4 is 5.73 Å². The number of piperidine rings is 1. The first kappa shape index (κ1) is 22.8. The Kier molecular flexibility index (Phi) is 6.02. The van der Waals surface area contributed by atoms with Crippen LogP contribution in [0.5, 0.6) is 0 Å². The largest absolute Gasteiger partial charge is 0.392 e. The molecule has 4 heterocycles. The zero-order valence-corrected chi connectivity index (χ0v) is 20.6. The normalized spacial score (nSPS) is 23.1. The minimum Gasteiger partial charge on any atom is -0.369 e. The third-order valence-corrected chi connectivity index (χ3v) is 8.68. The second kappa shape index (κ2) is 8.99. The van der Waals surface area contributed by atoms with Gasteiger partial charge in [-0.2, -0.15) is 0 Å². The zero-order valence-electron chi connectivity index (χ0n) is 19.0. The number of aromatic nitrogens is 1. The van der Waals surface area contributed by atoms with Gasteiger partial charge in [-0.1, -0.05) is 28.9 Å². The van der Waals surface area contributed by atoms with Crippen molar-refractivity contribution in [2.45, 2.75) is 23.2 Å². The molecule has 0 bridgehead atoms. The number of nitrogens with zero attached hydrogens (tertiary/aromatic N) is 6. The number of guanidine groups is 1. The summed E-state index contributed by atoms with van der Waals surface area (Å²) in [7, 11) is 3.15. The molecule has 4 amide bonds. The van der Waals surface area contributed by atoms with E-state index >= 15 is 0 Å². The Balaban J connectivity index is 1.40. The van der Waals surface area contributed by atoms with E-state index in [4.69, 9.17) is 10.7 Å². The molecule has 2 N–H and O–H groups in total. The van der Waals surface area contributed by atoms with Crippen molar-refractivity contribution >= 4 is 63.0 Å². The summed E-state index contributed by atoms with van der Waals surface area (Å²) < 4.78 is 4.22. The van der Waals surface area contributed by atoms with Crippen LogP contribution in [-0.2, 0) is 9.59 Å². The predicted octanol–water partition coefficient (Wildman–Crippen LogP) is 1.26. The van der Waals surface area contributed by atoms with Crippen molar-refractivity contribution in [2.75, 3.05) is 39.5 Å². The smallest absolute Gasteiger partial charge is 0.369 e. The van der Waals surface area contributed by atoms with Gasteiger partial charge in [-0.3, -0.25) is 24.0 Å². The molecule has 2 saturated heterocycles. The fraction of sp³-hybridized carbons (Fsp3) is 0.455. The minimum atomic E-state index is -0.646. The molecule has 178 valence electrons. The first-order chi connectivity index (χ1) is 16.3. The molecular formula is C22H26N7O3S2+. The van der Waals surface area contributed by atoms with Crippen LogP contribution in [0.3, 0.4) is 0 Å². The Morgan fingerprint density at radius 1 is 1.21 bits per heavy atom. The number of fused-ring (bicyclic) bond motifs is 2. The van der Waals surface area contributed by atoms with Crippen LogP contribution in [0, 0.1) is 5.92 Å². The molecule has 10 nitrogen and oxygen atoms in total. The van der Waals surface area contributed by atoms with Gasteiger partial charge in [0.1, 0.15) is 0 Å². The van der Waals surface area contributed by atoms with Crippen LogP contribution in [-0.4, -0.2) is 99.4 Å². The maximum atomic E-state index is 13.1. The van der Waals surface area contributed by atoms with E-state index in [1.807, 2.05) is 23.1 Å². The highest BCUT2D eigenvalue weighted by atomic mass is 32.2. The second-order valence-electron chi connectivity index (χ2n) is 8.56. The molecule has 3 aliphatic heterocycles. The van der Waals surface area contributed by atoms with E-state index in [9.17, 15) is 14.4 Å². The molecule has 0 spiro atoms. The van der Waals surface area contributed by atoms with E-state index in [1.54, 1.807) is 30.1 Å². The summed E-state index contributed by atoms with van der Waals surface area (Å²) in [4.78, 5) is 51.3. The van der Waals surface area contributed by atoms with E-state index in [0.717, 1.165) is 19.5 Å². The molecule has 2 fully saturated rings. The lowest BCUT2D eigenvalue weighted by Crippen LogP contribution is -2.63. The number of carbonyl (C=O) groups excluding carboxylic acids is 3. The third kappa shape index (κ3) is 3.94. The first-order valence-corrected chi connectivity index (χ1v) is 13.0. The Morgan fingerprint density at radius 2 is 1.94 bits per heavy atom. The lowest BCUT2D eigenvalue weighted by Gasteiger charge is -2.33. The zero-order chi connectivity index (χ0) is 24.0. The van der Waals surface area contributed by atoms with Crippen molar-refractivity contribution in [1.82, 2.24) is 19.7 Å². The highest BCUT2D eigenvalue weighted by molar-refractivity contribution is 8.01. The quantitative estimate of drug-likeness (QED) is 0.488. The number of hydrogen-bond donors (Lipinski definition) is 1. The first-order valence-electron chi connectivity index (χ1n) is 11.1. The molecule has 1 atom stereocenters. The van der Waals surface area contributed by atoms with E-state index in [-0.39, 0.29) is 17.7 Å². The Labute approximate surface area is 205 Å². The number of hydrogen-bond acceptors (Lipinski definition) is 6. The molecule has 0 radical (unpaired) electrons. The number of carbonyl (C=O) groups is 3. The molecule has 1 aromatic heterocycles. The Bertz CT molecular complexity index is 1200. The van der Waals surface area contributed by atoms with Crippen molar-refractivity contribution < 1.29 is 19.0 Å². The molecule has 3 aliphatic rings. The number of imide groups is 1. The SMILES string of the molecule is CN1C(=O)C2C(=NC(=[N+]3CCC(C(N)=O)CC3)N2CCSc2nc3ccccc3s2)N(C)C1=O. The van der Waals surface area contributed by atoms with Crippen molar-refractivity contribution in [3.8, 4) is 0 Å². The number of benzene rings is 1. The number of rotatable bonds is 5. The van der Waals surface area contributed by atoms with Crippen LogP contribution in [0.2, 0.25) is 0 Å². The van der Waals surface area contributed by atoms with Crippen LogP contribution in [0.15, 0.2) is 33.6 Å². The number of thiazole rings is 1. The fourth-order valence-corrected chi connectivity index (χ4v) is 6.65. The molecule has 0 saturated carbocycles. The van der Waals surface area contributed by atoms with Gasteiger partial charge in [0.05, 0.1) is 29.9 Å². The van der Waals surface area contributed by atoms with Gasteiger partial charge in [0.15, 0.2) is 4.34 Å². The van der Waals surface area contributed by atoms with Crippen LogP contribution >= 0.6 is 23.1 Å². The topological polar surface area (TPSA) is 115 Å². The van der Waals surface area contributed by atoms with Gasteiger partial charge in [0, 0.05) is 25.8 Å². The number of aliphatic imine (C=N–C) groups is 1. The molecule has 0 aliphatic carbocycles. The molecule has 1 aromatic carbocycles. The molecule has 1 unspecified atom stereocenters. The predicted molar refractivity (Wildman–Crippen MR) is 131 cm³/mol. The van der Waals surface area contributed by atoms with Gasteiger partial charge in [-0.15, -0.1) is 11.3 Å². The number of urea groups is 1. The number of likely N-dealkylation sites (N-methyl/N-ethyl adjacent to an activating group) is 2. The van der Waals surface area contributed by atoms with E-state index in [0.29, 0.717) is 50.0 Å². The third-order valence-electron chi connectivity index (χ3n) is 6.52. The van der Waals surface area contributed by atoms with E-state index < -0.39 is 12.1 Å². The number of nitrogens with two attached hydrogens (primary N) is 1. The van der Waals surface area contributed by atoms with Gasteiger partial charge in [-0.25, -0.2) is 14.7 Å². The minimum absolute atomic E-state index is 0.145. The number of amidine groups is 1. The number of thioether (sulfide) groups is 1. The van der Waals surface area contributed by atoms with Gasteiger partial charge >= 0.3 is 12.0 Å². The molecule has 12 heteroatoms. The summed E-state index contributed by atoms with van der Waals surface area (Å²) in [6, 6.07) is 7.00. The summed E-state index contributed by atoms with van der Waals surface area (Å²) in [5, 5.41) is 0. The number of primary amides is 1. The van der Waals surface area contributed by atoms with Gasteiger partial charge < -0.3 is 5.73 Å². The molecule has 5 rings (SSSR count). The van der Waals surface area contributed by atoms with Crippen LogP contribution in [0.1, 0.15) is 12.8 Å². The maximum absolute atomic E-state index is 13.1. The average Bonchev–Trinajstić information content (AvgIpc) is 3.43. The van der Waals surface area contributed by atoms with Crippen molar-refractivity contribution in [2.24, 2.45) is 16.6 Å². The standard InChI is InChI=1S/C22H25N7O3S2/c1-26-18-16(19(31)27(2)22(26)32)29(20(25-18)28-9-7-13(8-10-28)17(23)30)11-12-33-21-24-14-5-3-4-6-15(14)34-21/h3-6,13,16H,7-12H2,1-2H3,(H-,23,30)/p+1. The molecular weight excluding hydrogens is 474 g/mol. The van der Waals surface area contributed by atoms with Gasteiger partial charge in [0.2, 0.25) is 17.8 Å². The van der Waals surface area contributed by atoms with Crippen LogP contribution in [0.25, 0.3) is 10.2 Å². The summed E-state index contributed by atoms with van der Waals surface area (Å²) in [6.07, 6.45) is 1.29. The number of para-hydroxylation sites is 1. The van der Waals surface area contributed by atoms with Gasteiger partial charge in [-0.05, 0) is 25.0 Å². The monoisotopic (exact) mass is 500 g/mol. The van der Waals surface area contributed by atoms with E-state index in [2.05, 4.69) is 15.6 Å². The van der Waals surface area contributed by atoms with Crippen LogP contribution in [0.4, 0.5) is 4.79 Å². The average molecular weight is 501 g/mol. The lowest BCUT2D eigenvalue weighted by molar-refractivity contribution is -0.544. The molecule has 34 heavy (non-hydrogen) atoms. The highest BCUT2D eigenvalue weighted by Crippen LogP contribution is 2.30. The van der Waals surface area contributed by atoms with Crippen molar-refractivity contribution in [3.05, 3.63) is 24.3 Å². The maximum Gasteiger partial charge on any atom is 0.392 e. The Hall–Kier alpha value is -2.99. The Morgan fingerprint density at radius 3 is 2.65 bits per heavy atom. The van der Waals surface area contributed by atoms with Crippen molar-refractivity contribution in [3.63, 3.8) is 0 Å². The fourth-order valence-electron chi connectivity index (χ4n) is 4.58. The summed E-state index contributed by atoms with van der Waals surface area (Å²) in [5.41, 5.74) is 6.48. The van der Waals surface area contributed by atoms with Gasteiger partial charge in [0.25, 0.3) is 5.91 Å². The number of amides is 4. The summed E-state index contributed by atoms with van der Waals surface area (Å²) >= 11 is 3.30. The van der Waals surface area contributed by atoms with Crippen molar-refractivity contribution in [1.29, 1.82) is 0 Å².